The first-order valence-corrected chi connectivity index (χ1v) is 20.3. The summed E-state index contributed by atoms with van der Waals surface area (Å²) in [6, 6.07) is 0. The molecule has 0 N–H and O–H groups in total. The van der Waals surface area contributed by atoms with Crippen LogP contribution in [0.3, 0.4) is 0 Å². The summed E-state index contributed by atoms with van der Waals surface area (Å²) in [4.78, 5) is 28.7. The van der Waals surface area contributed by atoms with E-state index >= 15 is 0 Å². The van der Waals surface area contributed by atoms with Crippen molar-refractivity contribution >= 4 is 11.8 Å². The molecule has 0 unspecified atom stereocenters. The first-order valence-electron chi connectivity index (χ1n) is 20.3. The van der Waals surface area contributed by atoms with E-state index < -0.39 is 0 Å². The van der Waals surface area contributed by atoms with Gasteiger partial charge in [-0.2, -0.15) is 0 Å². The summed E-state index contributed by atoms with van der Waals surface area (Å²) in [5.41, 5.74) is -0.126. The van der Waals surface area contributed by atoms with Gasteiger partial charge in [-0.3, -0.25) is 9.59 Å². The van der Waals surface area contributed by atoms with Crippen LogP contribution in [0.15, 0.2) is 0 Å². The molecule has 0 heterocycles. The molecule has 0 saturated carbocycles. The Bertz CT molecular complexity index is 639. The Hall–Kier alpha value is -1.14. The van der Waals surface area contributed by atoms with E-state index in [4.69, 9.17) is 9.47 Å². The molecule has 0 fully saturated rings. The Morgan fingerprint density at radius 3 is 1.11 bits per heavy atom. The van der Waals surface area contributed by atoms with Crippen LogP contribution in [0.2, 0.25) is 0 Å². The van der Waals surface area contributed by atoms with Gasteiger partial charge in [0.1, 0.15) is 0 Å². The number of rotatable bonds is 36. The van der Waals surface area contributed by atoms with Crippen LogP contribution in [0, 0.1) is 5.41 Å². The van der Waals surface area contributed by atoms with Crippen molar-refractivity contribution in [1.82, 2.24) is 9.80 Å². The van der Waals surface area contributed by atoms with E-state index in [9.17, 15) is 9.59 Å². The topological polar surface area (TPSA) is 59.1 Å². The van der Waals surface area contributed by atoms with Crippen molar-refractivity contribution in [2.45, 2.75) is 194 Å². The van der Waals surface area contributed by atoms with Crippen LogP contribution in [-0.2, 0) is 19.1 Å². The maximum atomic E-state index is 12.6. The first kappa shape index (κ1) is 45.9. The van der Waals surface area contributed by atoms with Gasteiger partial charge in [0.25, 0.3) is 0 Å². The zero-order chi connectivity index (χ0) is 34.9. The molecule has 0 spiro atoms. The van der Waals surface area contributed by atoms with Crippen molar-refractivity contribution in [2.75, 3.05) is 54.6 Å². The van der Waals surface area contributed by atoms with E-state index in [1.165, 1.54) is 128 Å². The summed E-state index contributed by atoms with van der Waals surface area (Å²) in [5.74, 6) is 0.329. The van der Waals surface area contributed by atoms with Crippen LogP contribution in [0.1, 0.15) is 194 Å². The highest BCUT2D eigenvalue weighted by atomic mass is 16.5. The van der Waals surface area contributed by atoms with E-state index in [1.807, 2.05) is 28.2 Å². The minimum atomic E-state index is -0.126. The molecule has 280 valence electrons. The number of ether oxygens (including phenoxy) is 2. The number of hydrogen-bond acceptors (Lipinski definition) is 4. The molecule has 0 saturated heterocycles. The predicted molar refractivity (Wildman–Crippen MR) is 202 cm³/mol. The molecule has 6 nitrogen and oxygen atoms in total. The second-order valence-electron chi connectivity index (χ2n) is 14.9. The standard InChI is InChI=1S/C41H82N2O4/c1-7-9-11-13-14-15-16-17-18-20-25-29-37-47-38-41(33-30-39(44)42(3)4,34-31-40(45)43(5)6)32-26-22-19-21-24-28-36-46-35-27-23-12-10-8-2/h7-38H2,1-6H3. The summed E-state index contributed by atoms with van der Waals surface area (Å²) in [6.07, 6.45) is 33.4. The molecule has 2 amide bonds. The SMILES string of the molecule is CCCCCCCCCCCCCCOCC(CCCCCCCCOCCCCCCC)(CCC(=O)N(C)C)CCC(=O)N(C)C. The van der Waals surface area contributed by atoms with E-state index in [-0.39, 0.29) is 17.2 Å². The van der Waals surface area contributed by atoms with Crippen LogP contribution in [0.5, 0.6) is 0 Å². The molecule has 0 aromatic heterocycles. The molecule has 0 bridgehead atoms. The quantitative estimate of drug-likeness (QED) is 0.0624. The third-order valence-electron chi connectivity index (χ3n) is 9.92. The van der Waals surface area contributed by atoms with Crippen molar-refractivity contribution in [3.05, 3.63) is 0 Å². The highest BCUT2D eigenvalue weighted by Crippen LogP contribution is 2.37. The molecule has 47 heavy (non-hydrogen) atoms. The van der Waals surface area contributed by atoms with Gasteiger partial charge in [0.05, 0.1) is 6.61 Å². The van der Waals surface area contributed by atoms with Gasteiger partial charge < -0.3 is 19.3 Å². The number of amides is 2. The van der Waals surface area contributed by atoms with Gasteiger partial charge in [0.15, 0.2) is 0 Å². The van der Waals surface area contributed by atoms with Crippen LogP contribution < -0.4 is 0 Å². The Balaban J connectivity index is 4.61. The van der Waals surface area contributed by atoms with Crippen LogP contribution >= 0.6 is 0 Å². The van der Waals surface area contributed by atoms with Gasteiger partial charge in [-0.1, -0.05) is 142 Å². The van der Waals surface area contributed by atoms with Crippen molar-refractivity contribution in [3.8, 4) is 0 Å². The predicted octanol–water partition coefficient (Wildman–Crippen LogP) is 11.1. The van der Waals surface area contributed by atoms with E-state index in [0.29, 0.717) is 19.4 Å². The fourth-order valence-electron chi connectivity index (χ4n) is 6.44. The van der Waals surface area contributed by atoms with Gasteiger partial charge in [0.2, 0.25) is 11.8 Å². The lowest BCUT2D eigenvalue weighted by Crippen LogP contribution is -2.33. The molecule has 0 rings (SSSR count). The number of hydrogen-bond donors (Lipinski definition) is 0. The molecule has 0 aliphatic carbocycles. The highest BCUT2D eigenvalue weighted by molar-refractivity contribution is 5.76. The number of carbonyl (C=O) groups excluding carboxylic acids is 2. The maximum absolute atomic E-state index is 12.6. The molecule has 0 atom stereocenters. The summed E-state index contributed by atoms with van der Waals surface area (Å²) in [6.45, 7) is 7.79. The molecule has 0 radical (unpaired) electrons. The third-order valence-corrected chi connectivity index (χ3v) is 9.92. The van der Waals surface area contributed by atoms with E-state index in [1.54, 1.807) is 9.80 Å². The average molecular weight is 667 g/mol. The minimum Gasteiger partial charge on any atom is -0.381 e. The molecule has 0 aromatic rings. The molecule has 0 aliphatic rings. The number of nitrogens with zero attached hydrogens (tertiary/aromatic N) is 2. The van der Waals surface area contributed by atoms with Crippen molar-refractivity contribution in [2.24, 2.45) is 5.41 Å². The van der Waals surface area contributed by atoms with Crippen molar-refractivity contribution in [1.29, 1.82) is 0 Å². The lowest BCUT2D eigenvalue weighted by Gasteiger charge is -2.34. The average Bonchev–Trinajstić information content (AvgIpc) is 3.06. The minimum absolute atomic E-state index is 0.126. The van der Waals surface area contributed by atoms with Crippen LogP contribution in [-0.4, -0.2) is 76.2 Å². The summed E-state index contributed by atoms with van der Waals surface area (Å²) in [5, 5.41) is 0. The van der Waals surface area contributed by atoms with Gasteiger partial charge in [-0.05, 0) is 43.9 Å². The second-order valence-corrected chi connectivity index (χ2v) is 14.9. The van der Waals surface area contributed by atoms with E-state index in [2.05, 4.69) is 13.8 Å². The van der Waals surface area contributed by atoms with Crippen molar-refractivity contribution < 1.29 is 19.1 Å². The monoisotopic (exact) mass is 667 g/mol. The van der Waals surface area contributed by atoms with Crippen LogP contribution in [0.4, 0.5) is 0 Å². The fraction of sp³-hybridized carbons (Fsp3) is 0.951. The molecule has 6 heteroatoms. The zero-order valence-electron chi connectivity index (χ0n) is 32.7. The van der Waals surface area contributed by atoms with Crippen LogP contribution in [0.25, 0.3) is 0 Å². The maximum Gasteiger partial charge on any atom is 0.222 e. The van der Waals surface area contributed by atoms with E-state index in [0.717, 1.165) is 58.3 Å². The molecular weight excluding hydrogens is 584 g/mol. The van der Waals surface area contributed by atoms with Gasteiger partial charge in [0, 0.05) is 60.9 Å². The smallest absolute Gasteiger partial charge is 0.222 e. The molecular formula is C41H82N2O4. The highest BCUT2D eigenvalue weighted by Gasteiger charge is 2.32. The van der Waals surface area contributed by atoms with Gasteiger partial charge >= 0.3 is 0 Å². The lowest BCUT2D eigenvalue weighted by molar-refractivity contribution is -0.130. The lowest BCUT2D eigenvalue weighted by atomic mass is 9.75. The normalized spacial score (nSPS) is 11.7. The van der Waals surface area contributed by atoms with Gasteiger partial charge in [-0.25, -0.2) is 0 Å². The molecule has 0 aliphatic heterocycles. The zero-order valence-corrected chi connectivity index (χ0v) is 32.7. The Morgan fingerprint density at radius 2 is 0.745 bits per heavy atom. The van der Waals surface area contributed by atoms with Crippen molar-refractivity contribution in [3.63, 3.8) is 0 Å². The number of carbonyl (C=O) groups is 2. The summed E-state index contributed by atoms with van der Waals surface area (Å²) < 4.78 is 12.2. The largest absolute Gasteiger partial charge is 0.381 e. The Morgan fingerprint density at radius 1 is 0.426 bits per heavy atom. The summed E-state index contributed by atoms with van der Waals surface area (Å²) >= 11 is 0. The molecule has 0 aromatic carbocycles. The Labute approximate surface area is 293 Å². The summed E-state index contributed by atoms with van der Waals surface area (Å²) in [7, 11) is 7.34. The third kappa shape index (κ3) is 29.5. The first-order chi connectivity index (χ1) is 22.8. The Kier molecular flexibility index (Phi) is 32.6. The second kappa shape index (κ2) is 33.4. The fourth-order valence-corrected chi connectivity index (χ4v) is 6.44. The van der Waals surface area contributed by atoms with Gasteiger partial charge in [-0.15, -0.1) is 0 Å². The number of unbranched alkanes of at least 4 members (excludes halogenated alkanes) is 20.